The van der Waals surface area contributed by atoms with E-state index in [1.165, 1.54) is 0 Å². The quantitative estimate of drug-likeness (QED) is 0.715. The van der Waals surface area contributed by atoms with Crippen molar-refractivity contribution in [2.24, 2.45) is 5.41 Å². The van der Waals surface area contributed by atoms with Crippen molar-refractivity contribution < 1.29 is 5.11 Å². The number of hydrogen-bond acceptors (Lipinski definition) is 5. The Morgan fingerprint density at radius 1 is 1.59 bits per heavy atom. The second kappa shape index (κ2) is 5.51. The van der Waals surface area contributed by atoms with Crippen LogP contribution in [0.4, 0.5) is 11.5 Å². The fourth-order valence-electron chi connectivity index (χ4n) is 1.43. The van der Waals surface area contributed by atoms with Crippen molar-refractivity contribution in [2.45, 2.75) is 20.3 Å². The minimum absolute atomic E-state index is 0.0501. The number of anilines is 2. The standard InChI is InChI=1S/C12H18N4O/c1-12(2,4-6-17)8-16-11-10(14)9(7-13)3-5-15-11/h3,5,17H,4,6,8,14H2,1-2H3,(H,15,16). The largest absolute Gasteiger partial charge is 0.396 e. The number of aliphatic hydroxyl groups is 1. The Morgan fingerprint density at radius 2 is 2.29 bits per heavy atom. The molecule has 5 heteroatoms. The van der Waals surface area contributed by atoms with Crippen LogP contribution in [0.5, 0.6) is 0 Å². The van der Waals surface area contributed by atoms with Crippen molar-refractivity contribution in [3.63, 3.8) is 0 Å². The molecule has 0 aliphatic rings. The summed E-state index contributed by atoms with van der Waals surface area (Å²) in [6.07, 6.45) is 2.24. The first-order valence-electron chi connectivity index (χ1n) is 5.49. The third-order valence-electron chi connectivity index (χ3n) is 2.63. The Balaban J connectivity index is 2.74. The molecule has 0 fully saturated rings. The molecule has 92 valence electrons. The van der Waals surface area contributed by atoms with Gasteiger partial charge in [0.1, 0.15) is 6.07 Å². The van der Waals surface area contributed by atoms with Crippen LogP contribution in [0.1, 0.15) is 25.8 Å². The number of nitrogens with one attached hydrogen (secondary N) is 1. The van der Waals surface area contributed by atoms with Gasteiger partial charge in [-0.3, -0.25) is 0 Å². The van der Waals surface area contributed by atoms with Crippen LogP contribution in [0.2, 0.25) is 0 Å². The topological polar surface area (TPSA) is 95.0 Å². The number of nitriles is 1. The van der Waals surface area contributed by atoms with Crippen molar-refractivity contribution in [1.82, 2.24) is 4.98 Å². The molecule has 4 N–H and O–H groups in total. The molecule has 0 spiro atoms. The Labute approximate surface area is 101 Å². The van der Waals surface area contributed by atoms with Gasteiger partial charge in [0.15, 0.2) is 5.82 Å². The molecule has 1 aromatic heterocycles. The molecule has 0 atom stereocenters. The molecular formula is C12H18N4O. The normalized spacial score (nSPS) is 10.9. The van der Waals surface area contributed by atoms with E-state index in [-0.39, 0.29) is 12.0 Å². The fraction of sp³-hybridized carbons (Fsp3) is 0.500. The zero-order valence-corrected chi connectivity index (χ0v) is 10.2. The average Bonchev–Trinajstić information content (AvgIpc) is 2.28. The molecule has 0 amide bonds. The first-order valence-corrected chi connectivity index (χ1v) is 5.49. The molecule has 0 aliphatic carbocycles. The van der Waals surface area contributed by atoms with E-state index >= 15 is 0 Å². The Bertz CT molecular complexity index is 423. The first-order chi connectivity index (χ1) is 8.00. The van der Waals surface area contributed by atoms with Gasteiger partial charge < -0.3 is 16.2 Å². The monoisotopic (exact) mass is 234 g/mol. The smallest absolute Gasteiger partial charge is 0.150 e. The van der Waals surface area contributed by atoms with Crippen LogP contribution in [0.25, 0.3) is 0 Å². The molecular weight excluding hydrogens is 216 g/mol. The second-order valence-electron chi connectivity index (χ2n) is 4.72. The third kappa shape index (κ3) is 3.61. The van der Waals surface area contributed by atoms with Gasteiger partial charge in [-0.2, -0.15) is 5.26 Å². The van der Waals surface area contributed by atoms with Gasteiger partial charge in [0, 0.05) is 19.3 Å². The predicted octanol–water partition coefficient (Wildman–Crippen LogP) is 1.36. The van der Waals surface area contributed by atoms with Crippen molar-refractivity contribution in [3.8, 4) is 6.07 Å². The molecule has 1 heterocycles. The molecule has 0 saturated heterocycles. The summed E-state index contributed by atoms with van der Waals surface area (Å²) >= 11 is 0. The van der Waals surface area contributed by atoms with Gasteiger partial charge in [-0.15, -0.1) is 0 Å². The summed E-state index contributed by atoms with van der Waals surface area (Å²) in [5.41, 5.74) is 6.54. The lowest BCUT2D eigenvalue weighted by Crippen LogP contribution is -2.25. The zero-order valence-electron chi connectivity index (χ0n) is 10.2. The van der Waals surface area contributed by atoms with Gasteiger partial charge in [-0.25, -0.2) is 4.98 Å². The van der Waals surface area contributed by atoms with E-state index < -0.39 is 0 Å². The van der Waals surface area contributed by atoms with Gasteiger partial charge in [0.05, 0.1) is 11.3 Å². The van der Waals surface area contributed by atoms with Crippen LogP contribution in [0.3, 0.4) is 0 Å². The van der Waals surface area contributed by atoms with Gasteiger partial charge >= 0.3 is 0 Å². The molecule has 0 radical (unpaired) electrons. The number of rotatable bonds is 5. The van der Waals surface area contributed by atoms with Crippen molar-refractivity contribution >= 4 is 11.5 Å². The maximum Gasteiger partial charge on any atom is 0.150 e. The highest BCUT2D eigenvalue weighted by Gasteiger charge is 2.17. The Kier molecular flexibility index (Phi) is 4.30. The summed E-state index contributed by atoms with van der Waals surface area (Å²) in [6, 6.07) is 3.60. The molecule has 0 aliphatic heterocycles. The number of nitrogen functional groups attached to an aromatic ring is 1. The number of aromatic nitrogens is 1. The van der Waals surface area contributed by atoms with Crippen molar-refractivity contribution in [3.05, 3.63) is 17.8 Å². The van der Waals surface area contributed by atoms with E-state index in [4.69, 9.17) is 16.1 Å². The fourth-order valence-corrected chi connectivity index (χ4v) is 1.43. The maximum absolute atomic E-state index is 8.92. The van der Waals surface area contributed by atoms with E-state index in [1.807, 2.05) is 19.9 Å². The lowest BCUT2D eigenvalue weighted by molar-refractivity contribution is 0.220. The minimum atomic E-state index is -0.0501. The van der Waals surface area contributed by atoms with Crippen LogP contribution in [-0.2, 0) is 0 Å². The van der Waals surface area contributed by atoms with E-state index in [9.17, 15) is 0 Å². The molecule has 0 aromatic carbocycles. The number of pyridine rings is 1. The predicted molar refractivity (Wildman–Crippen MR) is 67.3 cm³/mol. The number of aliphatic hydroxyl groups excluding tert-OH is 1. The van der Waals surface area contributed by atoms with E-state index in [1.54, 1.807) is 12.3 Å². The van der Waals surface area contributed by atoms with Gasteiger partial charge in [-0.1, -0.05) is 13.8 Å². The summed E-state index contributed by atoms with van der Waals surface area (Å²) in [4.78, 5) is 4.10. The van der Waals surface area contributed by atoms with Crippen LogP contribution in [0.15, 0.2) is 12.3 Å². The van der Waals surface area contributed by atoms with Gasteiger partial charge in [-0.05, 0) is 17.9 Å². The number of nitrogens with zero attached hydrogens (tertiary/aromatic N) is 2. The molecule has 0 saturated carbocycles. The third-order valence-corrected chi connectivity index (χ3v) is 2.63. The van der Waals surface area contributed by atoms with Gasteiger partial charge in [0.2, 0.25) is 0 Å². The number of nitrogens with two attached hydrogens (primary N) is 1. The summed E-state index contributed by atoms with van der Waals surface area (Å²) in [5.74, 6) is 0.523. The summed E-state index contributed by atoms with van der Waals surface area (Å²) in [6.45, 7) is 4.87. The van der Waals surface area contributed by atoms with Crippen molar-refractivity contribution in [2.75, 3.05) is 24.2 Å². The number of hydrogen-bond donors (Lipinski definition) is 3. The van der Waals surface area contributed by atoms with E-state index in [0.29, 0.717) is 30.0 Å². The first kappa shape index (κ1) is 13.3. The van der Waals surface area contributed by atoms with Crippen LogP contribution in [-0.4, -0.2) is 23.2 Å². The molecule has 17 heavy (non-hydrogen) atoms. The highest BCUT2D eigenvalue weighted by atomic mass is 16.3. The summed E-state index contributed by atoms with van der Waals surface area (Å²) in [5, 5.41) is 20.9. The lowest BCUT2D eigenvalue weighted by atomic mass is 9.90. The SMILES string of the molecule is CC(C)(CCO)CNc1nccc(C#N)c1N. The molecule has 5 nitrogen and oxygen atoms in total. The van der Waals surface area contributed by atoms with Crippen LogP contribution in [0, 0.1) is 16.7 Å². The highest BCUT2D eigenvalue weighted by molar-refractivity contribution is 5.68. The Morgan fingerprint density at radius 3 is 2.88 bits per heavy atom. The Hall–Kier alpha value is -1.80. The van der Waals surface area contributed by atoms with Crippen molar-refractivity contribution in [1.29, 1.82) is 5.26 Å². The second-order valence-corrected chi connectivity index (χ2v) is 4.72. The summed E-state index contributed by atoms with van der Waals surface area (Å²) in [7, 11) is 0. The van der Waals surface area contributed by atoms with Crippen LogP contribution < -0.4 is 11.1 Å². The zero-order chi connectivity index (χ0) is 12.9. The van der Waals surface area contributed by atoms with Crippen LogP contribution >= 0.6 is 0 Å². The highest BCUT2D eigenvalue weighted by Crippen LogP contribution is 2.23. The van der Waals surface area contributed by atoms with E-state index in [2.05, 4.69) is 10.3 Å². The van der Waals surface area contributed by atoms with Gasteiger partial charge in [0.25, 0.3) is 0 Å². The average molecular weight is 234 g/mol. The molecule has 0 unspecified atom stereocenters. The van der Waals surface area contributed by atoms with E-state index in [0.717, 1.165) is 0 Å². The molecule has 1 aromatic rings. The molecule has 1 rings (SSSR count). The lowest BCUT2D eigenvalue weighted by Gasteiger charge is -2.24. The maximum atomic E-state index is 8.92. The minimum Gasteiger partial charge on any atom is -0.396 e. The summed E-state index contributed by atoms with van der Waals surface area (Å²) < 4.78 is 0. The molecule has 0 bridgehead atoms.